The van der Waals surface area contributed by atoms with Crippen molar-refractivity contribution in [2.45, 2.75) is 55.9 Å². The molecule has 1 saturated heterocycles. The van der Waals surface area contributed by atoms with Crippen LogP contribution in [0.25, 0.3) is 0 Å². The van der Waals surface area contributed by atoms with Gasteiger partial charge in [0.05, 0.1) is 0 Å². The zero-order valence-corrected chi connectivity index (χ0v) is 16.0. The van der Waals surface area contributed by atoms with E-state index in [0.717, 1.165) is 38.6 Å². The summed E-state index contributed by atoms with van der Waals surface area (Å²) < 4.78 is 0. The SMILES string of the molecule is OCC[C@H]1[C@@]2(CCc3ccccc3)CCC[C@@]1(c1cccc(O)c1)CCN2. The first-order valence-electron chi connectivity index (χ1n) is 10.4. The van der Waals surface area contributed by atoms with Crippen LogP contribution in [0, 0.1) is 5.92 Å². The number of phenols is 1. The molecular formula is C24H31NO2. The van der Waals surface area contributed by atoms with Gasteiger partial charge >= 0.3 is 0 Å². The summed E-state index contributed by atoms with van der Waals surface area (Å²) in [7, 11) is 0. The van der Waals surface area contributed by atoms with Crippen LogP contribution in [0.5, 0.6) is 5.75 Å². The summed E-state index contributed by atoms with van der Waals surface area (Å²) in [6, 6.07) is 18.6. The lowest BCUT2D eigenvalue weighted by Crippen LogP contribution is -2.66. The number of hydrogen-bond donors (Lipinski definition) is 3. The van der Waals surface area contributed by atoms with Gasteiger partial charge in [0.1, 0.15) is 5.75 Å². The van der Waals surface area contributed by atoms with Crippen LogP contribution in [0.2, 0.25) is 0 Å². The number of aliphatic hydroxyl groups is 1. The van der Waals surface area contributed by atoms with Crippen LogP contribution in [0.4, 0.5) is 0 Å². The van der Waals surface area contributed by atoms with Crippen LogP contribution in [-0.4, -0.2) is 28.9 Å². The van der Waals surface area contributed by atoms with Gasteiger partial charge in [0, 0.05) is 17.6 Å². The molecule has 3 heteroatoms. The number of fused-ring (bicyclic) bond motifs is 2. The fourth-order valence-corrected chi connectivity index (χ4v) is 6.03. The standard InChI is InChI=1S/C24H31NO2/c26-17-11-22-23(20-8-4-9-21(27)18-20)12-5-13-24(22,25-16-15-23)14-10-19-6-2-1-3-7-19/h1-4,6-9,18,22,25-27H,5,10-17H2/t22-,23+,24+/m1/s1. The molecule has 0 aromatic heterocycles. The molecule has 4 rings (SSSR count). The first-order chi connectivity index (χ1) is 13.2. The highest BCUT2D eigenvalue weighted by molar-refractivity contribution is 5.37. The molecule has 2 aromatic rings. The number of hydrogen-bond acceptors (Lipinski definition) is 3. The fourth-order valence-electron chi connectivity index (χ4n) is 6.03. The predicted octanol–water partition coefficient (Wildman–Crippen LogP) is 4.18. The van der Waals surface area contributed by atoms with Gasteiger partial charge < -0.3 is 15.5 Å². The van der Waals surface area contributed by atoms with E-state index in [2.05, 4.69) is 41.7 Å². The van der Waals surface area contributed by atoms with Crippen molar-refractivity contribution in [1.82, 2.24) is 5.32 Å². The number of aliphatic hydroxyl groups excluding tert-OH is 1. The van der Waals surface area contributed by atoms with Crippen LogP contribution >= 0.6 is 0 Å². The normalized spacial score (nSPS) is 30.2. The Hall–Kier alpha value is -1.84. The second-order valence-corrected chi connectivity index (χ2v) is 8.44. The number of phenolic OH excluding ortho intramolecular Hbond substituents is 1. The average molecular weight is 366 g/mol. The Kier molecular flexibility index (Phi) is 5.25. The average Bonchev–Trinajstić information content (AvgIpc) is 2.68. The van der Waals surface area contributed by atoms with Gasteiger partial charge in [-0.3, -0.25) is 0 Å². The molecule has 0 unspecified atom stereocenters. The lowest BCUT2D eigenvalue weighted by Gasteiger charge is -2.60. The van der Waals surface area contributed by atoms with E-state index in [1.54, 1.807) is 6.07 Å². The molecule has 1 saturated carbocycles. The summed E-state index contributed by atoms with van der Waals surface area (Å²) in [5, 5.41) is 23.9. The summed E-state index contributed by atoms with van der Waals surface area (Å²) in [5.41, 5.74) is 2.77. The van der Waals surface area contributed by atoms with Crippen molar-refractivity contribution in [3.8, 4) is 5.75 Å². The Labute approximate surface area is 162 Å². The molecule has 2 aliphatic rings. The van der Waals surface area contributed by atoms with Gasteiger partial charge in [0.25, 0.3) is 0 Å². The Morgan fingerprint density at radius 2 is 1.85 bits per heavy atom. The lowest BCUT2D eigenvalue weighted by molar-refractivity contribution is -0.00632. The third-order valence-electron chi connectivity index (χ3n) is 7.17. The van der Waals surface area contributed by atoms with Gasteiger partial charge in [-0.25, -0.2) is 0 Å². The maximum absolute atomic E-state index is 10.1. The van der Waals surface area contributed by atoms with Crippen LogP contribution in [0.1, 0.15) is 49.7 Å². The monoisotopic (exact) mass is 365 g/mol. The van der Waals surface area contributed by atoms with Crippen molar-refractivity contribution in [3.05, 3.63) is 65.7 Å². The minimum absolute atomic E-state index is 0.0572. The third kappa shape index (κ3) is 3.39. The second kappa shape index (κ2) is 7.65. The van der Waals surface area contributed by atoms with Crippen molar-refractivity contribution in [2.75, 3.05) is 13.2 Å². The Balaban J connectivity index is 1.68. The highest BCUT2D eigenvalue weighted by Gasteiger charge is 2.55. The molecular weight excluding hydrogens is 334 g/mol. The second-order valence-electron chi connectivity index (χ2n) is 8.44. The maximum Gasteiger partial charge on any atom is 0.115 e. The van der Waals surface area contributed by atoms with Crippen LogP contribution in [0.3, 0.4) is 0 Å². The fraction of sp³-hybridized carbons (Fsp3) is 0.500. The molecule has 0 radical (unpaired) electrons. The van der Waals surface area contributed by atoms with E-state index < -0.39 is 0 Å². The molecule has 0 spiro atoms. The summed E-state index contributed by atoms with van der Waals surface area (Å²) >= 11 is 0. The van der Waals surface area contributed by atoms with Gasteiger partial charge in [-0.2, -0.15) is 0 Å². The van der Waals surface area contributed by atoms with Crippen molar-refractivity contribution in [2.24, 2.45) is 5.92 Å². The lowest BCUT2D eigenvalue weighted by atomic mass is 9.50. The molecule has 3 nitrogen and oxygen atoms in total. The summed E-state index contributed by atoms with van der Waals surface area (Å²) in [6.07, 6.45) is 7.57. The number of aromatic hydroxyl groups is 1. The van der Waals surface area contributed by atoms with E-state index in [-0.39, 0.29) is 17.6 Å². The zero-order chi connectivity index (χ0) is 18.7. The van der Waals surface area contributed by atoms with Gasteiger partial charge in [-0.1, -0.05) is 48.9 Å². The molecule has 144 valence electrons. The molecule has 1 aliphatic carbocycles. The van der Waals surface area contributed by atoms with Gasteiger partial charge in [0.15, 0.2) is 0 Å². The highest BCUT2D eigenvalue weighted by Crippen LogP contribution is 2.55. The summed E-state index contributed by atoms with van der Waals surface area (Å²) in [5.74, 6) is 0.742. The van der Waals surface area contributed by atoms with Crippen molar-refractivity contribution in [3.63, 3.8) is 0 Å². The van der Waals surface area contributed by atoms with Gasteiger partial charge in [-0.15, -0.1) is 0 Å². The predicted molar refractivity (Wildman–Crippen MR) is 109 cm³/mol. The van der Waals surface area contributed by atoms with Crippen LogP contribution in [0.15, 0.2) is 54.6 Å². The first-order valence-corrected chi connectivity index (χ1v) is 10.4. The number of aryl methyl sites for hydroxylation is 1. The molecule has 1 heterocycles. The quantitative estimate of drug-likeness (QED) is 0.720. The van der Waals surface area contributed by atoms with E-state index in [9.17, 15) is 10.2 Å². The maximum atomic E-state index is 10.1. The van der Waals surface area contributed by atoms with E-state index in [1.165, 1.54) is 24.0 Å². The van der Waals surface area contributed by atoms with Crippen LogP contribution in [-0.2, 0) is 11.8 Å². The Morgan fingerprint density at radius 1 is 1.00 bits per heavy atom. The summed E-state index contributed by atoms with van der Waals surface area (Å²) in [4.78, 5) is 0. The zero-order valence-electron chi connectivity index (χ0n) is 16.0. The molecule has 0 amide bonds. The molecule has 2 aromatic carbocycles. The molecule has 3 N–H and O–H groups in total. The van der Waals surface area contributed by atoms with Gasteiger partial charge in [-0.05, 0) is 74.2 Å². The van der Waals surface area contributed by atoms with E-state index in [1.807, 2.05) is 12.1 Å². The largest absolute Gasteiger partial charge is 0.508 e. The number of piperidine rings is 1. The van der Waals surface area contributed by atoms with E-state index in [0.29, 0.717) is 11.7 Å². The molecule has 3 atom stereocenters. The highest BCUT2D eigenvalue weighted by atomic mass is 16.3. The smallest absolute Gasteiger partial charge is 0.115 e. The molecule has 2 bridgehead atoms. The van der Waals surface area contributed by atoms with E-state index in [4.69, 9.17) is 0 Å². The third-order valence-corrected chi connectivity index (χ3v) is 7.17. The van der Waals surface area contributed by atoms with Crippen molar-refractivity contribution >= 4 is 0 Å². The topological polar surface area (TPSA) is 52.5 Å². The van der Waals surface area contributed by atoms with Gasteiger partial charge in [0.2, 0.25) is 0 Å². The molecule has 27 heavy (non-hydrogen) atoms. The molecule has 2 fully saturated rings. The molecule has 1 aliphatic heterocycles. The van der Waals surface area contributed by atoms with E-state index >= 15 is 0 Å². The Morgan fingerprint density at radius 3 is 2.63 bits per heavy atom. The van der Waals surface area contributed by atoms with Crippen molar-refractivity contribution in [1.29, 1.82) is 0 Å². The summed E-state index contributed by atoms with van der Waals surface area (Å²) in [6.45, 7) is 1.23. The number of nitrogens with one attached hydrogen (secondary N) is 1. The number of rotatable bonds is 6. The minimum atomic E-state index is 0.0572. The van der Waals surface area contributed by atoms with Crippen LogP contribution < -0.4 is 5.32 Å². The first kappa shape index (κ1) is 18.5. The van der Waals surface area contributed by atoms with Crippen molar-refractivity contribution < 1.29 is 10.2 Å². The number of benzene rings is 2. The minimum Gasteiger partial charge on any atom is -0.508 e. The Bertz CT molecular complexity index is 748.